The number of nitro benzene ring substituents is 1. The lowest BCUT2D eigenvalue weighted by Crippen LogP contribution is -2.08. The van der Waals surface area contributed by atoms with Crippen LogP contribution in [0.15, 0.2) is 23.1 Å². The van der Waals surface area contributed by atoms with Crippen molar-refractivity contribution in [2.45, 2.75) is 55.3 Å². The topological polar surface area (TPSA) is 63.4 Å². The average molecular weight is 281 g/mol. The molecule has 19 heavy (non-hydrogen) atoms. The second-order valence-electron chi connectivity index (χ2n) is 5.04. The number of hydrogen-bond donors (Lipinski definition) is 1. The summed E-state index contributed by atoms with van der Waals surface area (Å²) < 4.78 is 0. The monoisotopic (exact) mass is 281 g/mol. The van der Waals surface area contributed by atoms with Gasteiger partial charge in [0.2, 0.25) is 0 Å². The molecule has 4 nitrogen and oxygen atoms in total. The first-order valence-electron chi connectivity index (χ1n) is 6.71. The Morgan fingerprint density at radius 2 is 2.05 bits per heavy atom. The maximum atomic E-state index is 11.1. The SMILES string of the molecule is CC(O)c1ccc(SC2CCCCC2)c([N+](=O)[O-])c1. The van der Waals surface area contributed by atoms with Gasteiger partial charge < -0.3 is 5.11 Å². The molecule has 0 aliphatic heterocycles. The molecule has 5 heteroatoms. The number of hydrogen-bond acceptors (Lipinski definition) is 4. The Balaban J connectivity index is 2.21. The highest BCUT2D eigenvalue weighted by Gasteiger charge is 2.21. The minimum atomic E-state index is -0.674. The Hall–Kier alpha value is -1.07. The first kappa shape index (κ1) is 14.3. The van der Waals surface area contributed by atoms with Crippen LogP contribution in [0.25, 0.3) is 0 Å². The van der Waals surface area contributed by atoms with E-state index in [1.54, 1.807) is 30.8 Å². The van der Waals surface area contributed by atoms with E-state index in [1.807, 2.05) is 0 Å². The molecule has 1 N–H and O–H groups in total. The van der Waals surface area contributed by atoms with Gasteiger partial charge in [0.05, 0.1) is 15.9 Å². The van der Waals surface area contributed by atoms with Gasteiger partial charge in [0.25, 0.3) is 5.69 Å². The van der Waals surface area contributed by atoms with Crippen molar-refractivity contribution in [3.8, 4) is 0 Å². The fourth-order valence-electron chi connectivity index (χ4n) is 2.40. The zero-order valence-electron chi connectivity index (χ0n) is 11.0. The zero-order chi connectivity index (χ0) is 13.8. The Bertz CT molecular complexity index is 456. The Morgan fingerprint density at radius 3 is 2.63 bits per heavy atom. The van der Waals surface area contributed by atoms with Gasteiger partial charge in [0.15, 0.2) is 0 Å². The lowest BCUT2D eigenvalue weighted by atomic mass is 10.0. The van der Waals surface area contributed by atoms with Gasteiger partial charge in [-0.2, -0.15) is 0 Å². The van der Waals surface area contributed by atoms with Crippen LogP contribution in [0.2, 0.25) is 0 Å². The smallest absolute Gasteiger partial charge is 0.283 e. The van der Waals surface area contributed by atoms with E-state index in [1.165, 1.54) is 25.3 Å². The van der Waals surface area contributed by atoms with Gasteiger partial charge in [0.1, 0.15) is 0 Å². The molecule has 0 saturated heterocycles. The predicted molar refractivity (Wildman–Crippen MR) is 76.5 cm³/mol. The van der Waals surface area contributed by atoms with Gasteiger partial charge in [-0.3, -0.25) is 10.1 Å². The average Bonchev–Trinajstić information content (AvgIpc) is 2.39. The van der Waals surface area contributed by atoms with Crippen LogP contribution in [-0.4, -0.2) is 15.3 Å². The van der Waals surface area contributed by atoms with E-state index in [-0.39, 0.29) is 10.6 Å². The number of nitrogens with zero attached hydrogens (tertiary/aromatic N) is 1. The molecule has 1 saturated carbocycles. The van der Waals surface area contributed by atoms with Crippen LogP contribution in [0, 0.1) is 10.1 Å². The molecular formula is C14H19NO3S. The molecule has 0 aromatic heterocycles. The third-order valence-electron chi connectivity index (χ3n) is 3.51. The molecule has 1 aromatic carbocycles. The standard InChI is InChI=1S/C14H19NO3S/c1-10(16)11-7-8-14(13(9-11)15(17)18)19-12-5-3-2-4-6-12/h7-10,12,16H,2-6H2,1H3. The van der Waals surface area contributed by atoms with Crippen LogP contribution in [0.4, 0.5) is 5.69 Å². The van der Waals surface area contributed by atoms with Crippen molar-refractivity contribution in [3.63, 3.8) is 0 Å². The fraction of sp³-hybridized carbons (Fsp3) is 0.571. The van der Waals surface area contributed by atoms with Crippen LogP contribution in [-0.2, 0) is 0 Å². The molecule has 1 unspecified atom stereocenters. The first-order chi connectivity index (χ1) is 9.08. The van der Waals surface area contributed by atoms with Crippen LogP contribution in [0.1, 0.15) is 50.7 Å². The largest absolute Gasteiger partial charge is 0.389 e. The normalized spacial score (nSPS) is 18.2. The maximum Gasteiger partial charge on any atom is 0.283 e. The van der Waals surface area contributed by atoms with E-state index in [0.29, 0.717) is 10.8 Å². The summed E-state index contributed by atoms with van der Waals surface area (Å²) in [4.78, 5) is 11.5. The molecule has 1 aliphatic carbocycles. The molecule has 1 atom stereocenters. The van der Waals surface area contributed by atoms with Gasteiger partial charge in [-0.15, -0.1) is 11.8 Å². The molecule has 0 spiro atoms. The van der Waals surface area contributed by atoms with Crippen molar-refractivity contribution >= 4 is 17.4 Å². The molecule has 0 bridgehead atoms. The molecule has 104 valence electrons. The summed E-state index contributed by atoms with van der Waals surface area (Å²) in [6.45, 7) is 1.62. The van der Waals surface area contributed by atoms with Crippen LogP contribution in [0.3, 0.4) is 0 Å². The Morgan fingerprint density at radius 1 is 1.37 bits per heavy atom. The maximum absolute atomic E-state index is 11.1. The third-order valence-corrected chi connectivity index (χ3v) is 4.91. The molecule has 1 aliphatic rings. The highest BCUT2D eigenvalue weighted by atomic mass is 32.2. The molecule has 0 amide bonds. The van der Waals surface area contributed by atoms with E-state index >= 15 is 0 Å². The quantitative estimate of drug-likeness (QED) is 0.667. The second kappa shape index (κ2) is 6.39. The highest BCUT2D eigenvalue weighted by Crippen LogP contribution is 2.38. The van der Waals surface area contributed by atoms with Crippen LogP contribution >= 0.6 is 11.8 Å². The van der Waals surface area contributed by atoms with Gasteiger partial charge in [-0.1, -0.05) is 25.3 Å². The lowest BCUT2D eigenvalue weighted by Gasteiger charge is -2.21. The van der Waals surface area contributed by atoms with Crippen molar-refractivity contribution in [2.75, 3.05) is 0 Å². The molecule has 0 heterocycles. The summed E-state index contributed by atoms with van der Waals surface area (Å²) in [5.74, 6) is 0. The van der Waals surface area contributed by atoms with Crippen molar-refractivity contribution in [1.82, 2.24) is 0 Å². The zero-order valence-corrected chi connectivity index (χ0v) is 11.9. The lowest BCUT2D eigenvalue weighted by molar-refractivity contribution is -0.387. The molecule has 1 aromatic rings. The Labute approximate surface area is 117 Å². The molecule has 2 rings (SSSR count). The fourth-order valence-corrected chi connectivity index (χ4v) is 3.73. The van der Waals surface area contributed by atoms with E-state index in [9.17, 15) is 15.2 Å². The van der Waals surface area contributed by atoms with Gasteiger partial charge in [-0.25, -0.2) is 0 Å². The summed E-state index contributed by atoms with van der Waals surface area (Å²) in [6.07, 6.45) is 5.32. The second-order valence-corrected chi connectivity index (χ2v) is 6.38. The number of rotatable bonds is 4. The molecule has 1 fully saturated rings. The molecule has 0 radical (unpaired) electrons. The number of nitro groups is 1. The minimum absolute atomic E-state index is 0.119. The van der Waals surface area contributed by atoms with E-state index in [0.717, 1.165) is 17.7 Å². The van der Waals surface area contributed by atoms with Crippen molar-refractivity contribution in [2.24, 2.45) is 0 Å². The number of benzene rings is 1. The first-order valence-corrected chi connectivity index (χ1v) is 7.59. The van der Waals surface area contributed by atoms with Gasteiger partial charge in [-0.05, 0) is 31.4 Å². The van der Waals surface area contributed by atoms with E-state index < -0.39 is 6.10 Å². The summed E-state index contributed by atoms with van der Waals surface area (Å²) in [5, 5.41) is 21.2. The van der Waals surface area contributed by atoms with Crippen LogP contribution < -0.4 is 0 Å². The summed E-state index contributed by atoms with van der Waals surface area (Å²) in [6, 6.07) is 5.05. The van der Waals surface area contributed by atoms with Crippen LogP contribution in [0.5, 0.6) is 0 Å². The number of aliphatic hydroxyl groups is 1. The third kappa shape index (κ3) is 3.70. The summed E-state index contributed by atoms with van der Waals surface area (Å²) >= 11 is 1.62. The number of aliphatic hydroxyl groups excluding tert-OH is 1. The minimum Gasteiger partial charge on any atom is -0.389 e. The van der Waals surface area contributed by atoms with Gasteiger partial charge >= 0.3 is 0 Å². The van der Waals surface area contributed by atoms with E-state index in [4.69, 9.17) is 0 Å². The Kier molecular flexibility index (Phi) is 4.82. The van der Waals surface area contributed by atoms with Gasteiger partial charge in [0, 0.05) is 11.3 Å². The van der Waals surface area contributed by atoms with Crippen molar-refractivity contribution < 1.29 is 10.0 Å². The van der Waals surface area contributed by atoms with Crippen molar-refractivity contribution in [1.29, 1.82) is 0 Å². The van der Waals surface area contributed by atoms with Crippen molar-refractivity contribution in [3.05, 3.63) is 33.9 Å². The molecular weight excluding hydrogens is 262 g/mol. The highest BCUT2D eigenvalue weighted by molar-refractivity contribution is 8.00. The van der Waals surface area contributed by atoms with E-state index in [2.05, 4.69) is 0 Å². The summed E-state index contributed by atoms with van der Waals surface area (Å²) in [7, 11) is 0. The number of thioether (sulfide) groups is 1. The predicted octanol–water partition coefficient (Wildman–Crippen LogP) is 4.07. The summed E-state index contributed by atoms with van der Waals surface area (Å²) in [5.41, 5.74) is 0.716.